The van der Waals surface area contributed by atoms with Crippen molar-refractivity contribution in [3.8, 4) is 11.5 Å². The van der Waals surface area contributed by atoms with Crippen LogP contribution in [-0.4, -0.2) is 32.2 Å². The van der Waals surface area contributed by atoms with Gasteiger partial charge in [0.1, 0.15) is 11.5 Å². The lowest BCUT2D eigenvalue weighted by Gasteiger charge is -2.30. The minimum Gasteiger partial charge on any atom is -0.497 e. The number of hydrogen-bond acceptors (Lipinski definition) is 4. The van der Waals surface area contributed by atoms with Crippen LogP contribution < -0.4 is 20.1 Å². The SMILES string of the molecule is COc1ccc(OC)c(C(C)NC(C)C(=O)NC(C)C2CC3CCC2C3)c1. The summed E-state index contributed by atoms with van der Waals surface area (Å²) >= 11 is 0. The van der Waals surface area contributed by atoms with Gasteiger partial charge in [-0.15, -0.1) is 0 Å². The van der Waals surface area contributed by atoms with Gasteiger partial charge in [0, 0.05) is 17.6 Å². The first kappa shape index (κ1) is 20.0. The van der Waals surface area contributed by atoms with Crippen molar-refractivity contribution in [1.29, 1.82) is 0 Å². The summed E-state index contributed by atoms with van der Waals surface area (Å²) in [4.78, 5) is 12.7. The minimum absolute atomic E-state index is 0.0337. The molecule has 0 aliphatic heterocycles. The molecule has 2 N–H and O–H groups in total. The molecule has 27 heavy (non-hydrogen) atoms. The van der Waals surface area contributed by atoms with Crippen molar-refractivity contribution in [2.24, 2.45) is 17.8 Å². The molecule has 6 atom stereocenters. The fourth-order valence-electron chi connectivity index (χ4n) is 5.08. The van der Waals surface area contributed by atoms with E-state index in [9.17, 15) is 4.79 Å². The Hall–Kier alpha value is -1.75. The number of amides is 1. The monoisotopic (exact) mass is 374 g/mol. The molecule has 2 aliphatic carbocycles. The Labute approximate surface area is 163 Å². The maximum absolute atomic E-state index is 12.7. The molecule has 0 heterocycles. The van der Waals surface area contributed by atoms with Gasteiger partial charge in [0.05, 0.1) is 20.3 Å². The third kappa shape index (κ3) is 4.40. The first-order valence-corrected chi connectivity index (χ1v) is 10.2. The van der Waals surface area contributed by atoms with Gasteiger partial charge in [-0.25, -0.2) is 0 Å². The molecule has 0 spiro atoms. The lowest BCUT2D eigenvalue weighted by atomic mass is 9.84. The van der Waals surface area contributed by atoms with E-state index in [4.69, 9.17) is 9.47 Å². The predicted molar refractivity (Wildman–Crippen MR) is 107 cm³/mol. The molecule has 2 bridgehead atoms. The van der Waals surface area contributed by atoms with Crippen LogP contribution >= 0.6 is 0 Å². The van der Waals surface area contributed by atoms with Crippen molar-refractivity contribution in [3.63, 3.8) is 0 Å². The van der Waals surface area contributed by atoms with E-state index >= 15 is 0 Å². The molecule has 6 unspecified atom stereocenters. The van der Waals surface area contributed by atoms with Gasteiger partial charge in [-0.05, 0) is 76.0 Å². The van der Waals surface area contributed by atoms with E-state index in [1.807, 2.05) is 32.0 Å². The summed E-state index contributed by atoms with van der Waals surface area (Å²) in [6.45, 7) is 6.14. The van der Waals surface area contributed by atoms with Gasteiger partial charge in [-0.2, -0.15) is 0 Å². The molecule has 1 aromatic rings. The molecule has 0 radical (unpaired) electrons. The van der Waals surface area contributed by atoms with Gasteiger partial charge in [0.25, 0.3) is 0 Å². The third-order valence-corrected chi connectivity index (χ3v) is 6.60. The third-order valence-electron chi connectivity index (χ3n) is 6.60. The molecule has 0 saturated heterocycles. The standard InChI is InChI=1S/C22H34N2O3/c1-13(19-11-16-6-7-17(19)10-16)24-22(25)15(3)23-14(2)20-12-18(26-4)8-9-21(20)27-5/h8-9,12-17,19,23H,6-7,10-11H2,1-5H3,(H,24,25). The van der Waals surface area contributed by atoms with Gasteiger partial charge in [0.15, 0.2) is 0 Å². The Morgan fingerprint density at radius 1 is 1.11 bits per heavy atom. The van der Waals surface area contributed by atoms with Crippen molar-refractivity contribution in [3.05, 3.63) is 23.8 Å². The Morgan fingerprint density at radius 3 is 2.48 bits per heavy atom. The Balaban J connectivity index is 1.57. The number of benzene rings is 1. The number of nitrogens with one attached hydrogen (secondary N) is 2. The Kier molecular flexibility index (Phi) is 6.30. The van der Waals surface area contributed by atoms with Crippen LogP contribution in [0.2, 0.25) is 0 Å². The number of carbonyl (C=O) groups is 1. The first-order chi connectivity index (χ1) is 12.9. The molecule has 0 aromatic heterocycles. The summed E-state index contributed by atoms with van der Waals surface area (Å²) in [7, 11) is 3.31. The second-order valence-corrected chi connectivity index (χ2v) is 8.35. The maximum Gasteiger partial charge on any atom is 0.237 e. The van der Waals surface area contributed by atoms with E-state index in [1.54, 1.807) is 14.2 Å². The van der Waals surface area contributed by atoms with Gasteiger partial charge in [0.2, 0.25) is 5.91 Å². The number of rotatable bonds is 8. The molecular formula is C22H34N2O3. The van der Waals surface area contributed by atoms with E-state index in [0.717, 1.165) is 28.9 Å². The van der Waals surface area contributed by atoms with Crippen molar-refractivity contribution in [2.45, 2.75) is 64.6 Å². The molecule has 2 fully saturated rings. The average Bonchev–Trinajstić information content (AvgIpc) is 3.30. The molecule has 5 heteroatoms. The van der Waals surface area contributed by atoms with Gasteiger partial charge >= 0.3 is 0 Å². The molecule has 2 saturated carbocycles. The quantitative estimate of drug-likeness (QED) is 0.729. The van der Waals surface area contributed by atoms with Crippen molar-refractivity contribution in [1.82, 2.24) is 10.6 Å². The van der Waals surface area contributed by atoms with Gasteiger partial charge in [-0.3, -0.25) is 10.1 Å². The van der Waals surface area contributed by atoms with Crippen LogP contribution in [0.5, 0.6) is 11.5 Å². The van der Waals surface area contributed by atoms with E-state index in [-0.39, 0.29) is 24.0 Å². The molecule has 2 aliphatic rings. The van der Waals surface area contributed by atoms with Crippen molar-refractivity contribution >= 4 is 5.91 Å². The summed E-state index contributed by atoms with van der Waals surface area (Å²) in [5.41, 5.74) is 0.984. The Bertz CT molecular complexity index is 663. The maximum atomic E-state index is 12.7. The van der Waals surface area contributed by atoms with Crippen LogP contribution in [0.1, 0.15) is 58.1 Å². The zero-order valence-corrected chi connectivity index (χ0v) is 17.2. The molecule has 150 valence electrons. The molecule has 1 aromatic carbocycles. The van der Waals surface area contributed by atoms with E-state index in [2.05, 4.69) is 17.6 Å². The highest BCUT2D eigenvalue weighted by Crippen LogP contribution is 2.49. The van der Waals surface area contributed by atoms with Crippen molar-refractivity contribution < 1.29 is 14.3 Å². The highest BCUT2D eigenvalue weighted by atomic mass is 16.5. The number of carbonyl (C=O) groups excluding carboxylic acids is 1. The topological polar surface area (TPSA) is 59.6 Å². The number of methoxy groups -OCH3 is 2. The largest absolute Gasteiger partial charge is 0.497 e. The number of ether oxygens (including phenoxy) is 2. The van der Waals surface area contributed by atoms with Crippen LogP contribution in [0, 0.1) is 17.8 Å². The predicted octanol–water partition coefficient (Wildman–Crippen LogP) is 3.68. The summed E-state index contributed by atoms with van der Waals surface area (Å²) in [6, 6.07) is 5.67. The van der Waals surface area contributed by atoms with E-state index < -0.39 is 0 Å². The van der Waals surface area contributed by atoms with E-state index in [0.29, 0.717) is 5.92 Å². The van der Waals surface area contributed by atoms with Crippen LogP contribution in [-0.2, 0) is 4.79 Å². The number of hydrogen-bond donors (Lipinski definition) is 2. The average molecular weight is 375 g/mol. The molecule has 3 rings (SSSR count). The lowest BCUT2D eigenvalue weighted by molar-refractivity contribution is -0.124. The highest BCUT2D eigenvalue weighted by Gasteiger charge is 2.42. The van der Waals surface area contributed by atoms with Gasteiger partial charge in [-0.1, -0.05) is 6.42 Å². The zero-order chi connectivity index (χ0) is 19.6. The normalized spacial score (nSPS) is 27.1. The molecular weight excluding hydrogens is 340 g/mol. The fraction of sp³-hybridized carbons (Fsp3) is 0.682. The highest BCUT2D eigenvalue weighted by molar-refractivity contribution is 5.81. The van der Waals surface area contributed by atoms with Gasteiger partial charge < -0.3 is 14.8 Å². The van der Waals surface area contributed by atoms with Crippen LogP contribution in [0.3, 0.4) is 0 Å². The molecule has 1 amide bonds. The summed E-state index contributed by atoms with van der Waals surface area (Å²) in [6.07, 6.45) is 5.38. The minimum atomic E-state index is -0.281. The van der Waals surface area contributed by atoms with E-state index in [1.165, 1.54) is 25.7 Å². The number of fused-ring (bicyclic) bond motifs is 2. The summed E-state index contributed by atoms with van der Waals surface area (Å²) < 4.78 is 10.8. The fourth-order valence-corrected chi connectivity index (χ4v) is 5.08. The van der Waals surface area contributed by atoms with Crippen LogP contribution in [0.15, 0.2) is 18.2 Å². The smallest absolute Gasteiger partial charge is 0.237 e. The van der Waals surface area contributed by atoms with Crippen LogP contribution in [0.25, 0.3) is 0 Å². The lowest BCUT2D eigenvalue weighted by Crippen LogP contribution is -2.48. The van der Waals surface area contributed by atoms with Crippen molar-refractivity contribution in [2.75, 3.05) is 14.2 Å². The summed E-state index contributed by atoms with van der Waals surface area (Å²) in [5.74, 6) is 4.00. The second kappa shape index (κ2) is 8.51. The summed E-state index contributed by atoms with van der Waals surface area (Å²) in [5, 5.41) is 6.66. The molecule has 5 nitrogen and oxygen atoms in total. The Morgan fingerprint density at radius 2 is 1.89 bits per heavy atom. The second-order valence-electron chi connectivity index (χ2n) is 8.35. The van der Waals surface area contributed by atoms with Crippen LogP contribution in [0.4, 0.5) is 0 Å². The zero-order valence-electron chi connectivity index (χ0n) is 17.2. The first-order valence-electron chi connectivity index (χ1n) is 10.2.